The number of amides is 1. The number of hydrogen-bond acceptors (Lipinski definition) is 3. The summed E-state index contributed by atoms with van der Waals surface area (Å²) in [6, 6.07) is 2.12. The minimum atomic E-state index is 0.0172. The van der Waals surface area contributed by atoms with Crippen LogP contribution in [0.5, 0.6) is 0 Å². The Kier molecular flexibility index (Phi) is 4.58. The number of aromatic nitrogens is 2. The summed E-state index contributed by atoms with van der Waals surface area (Å²) in [6.45, 7) is 5.14. The molecule has 106 valence electrons. The van der Waals surface area contributed by atoms with Gasteiger partial charge in [0, 0.05) is 24.9 Å². The second kappa shape index (κ2) is 6.19. The van der Waals surface area contributed by atoms with E-state index in [1.54, 1.807) is 0 Å². The number of aromatic amines is 1. The minimum Gasteiger partial charge on any atom is -0.396 e. The first kappa shape index (κ1) is 14.1. The van der Waals surface area contributed by atoms with Gasteiger partial charge in [-0.15, -0.1) is 0 Å². The lowest BCUT2D eigenvalue weighted by Gasteiger charge is -2.23. The van der Waals surface area contributed by atoms with Crippen molar-refractivity contribution in [2.45, 2.75) is 51.5 Å². The van der Waals surface area contributed by atoms with E-state index in [1.807, 2.05) is 11.0 Å². The fourth-order valence-electron chi connectivity index (χ4n) is 2.62. The smallest absolute Gasteiger partial charge is 0.274 e. The topological polar surface area (TPSA) is 69.2 Å². The van der Waals surface area contributed by atoms with E-state index in [9.17, 15) is 4.79 Å². The van der Waals surface area contributed by atoms with Crippen molar-refractivity contribution in [3.8, 4) is 0 Å². The number of hydrogen-bond donors (Lipinski definition) is 2. The van der Waals surface area contributed by atoms with E-state index in [2.05, 4.69) is 24.0 Å². The molecule has 0 spiro atoms. The second-order valence-electron chi connectivity index (χ2n) is 5.52. The van der Waals surface area contributed by atoms with Gasteiger partial charge in [0.05, 0.1) is 0 Å². The molecule has 0 aliphatic carbocycles. The van der Waals surface area contributed by atoms with Crippen LogP contribution in [0, 0.1) is 0 Å². The Balaban J connectivity index is 2.04. The van der Waals surface area contributed by atoms with E-state index in [0.29, 0.717) is 11.6 Å². The van der Waals surface area contributed by atoms with Crippen molar-refractivity contribution in [3.63, 3.8) is 0 Å². The summed E-state index contributed by atoms with van der Waals surface area (Å²) in [7, 11) is 0. The van der Waals surface area contributed by atoms with Gasteiger partial charge in [-0.05, 0) is 37.7 Å². The van der Waals surface area contributed by atoms with Crippen LogP contribution < -0.4 is 0 Å². The average molecular weight is 265 g/mol. The molecule has 1 aliphatic rings. The van der Waals surface area contributed by atoms with Crippen molar-refractivity contribution in [3.05, 3.63) is 17.5 Å². The molecule has 1 saturated heterocycles. The molecule has 2 rings (SSSR count). The number of nitrogens with zero attached hydrogens (tertiary/aromatic N) is 2. The molecule has 1 fully saturated rings. The van der Waals surface area contributed by atoms with Crippen LogP contribution in [0.15, 0.2) is 6.07 Å². The van der Waals surface area contributed by atoms with Gasteiger partial charge in [-0.1, -0.05) is 13.8 Å². The molecule has 2 heterocycles. The highest BCUT2D eigenvalue weighted by Gasteiger charge is 2.30. The number of H-pyrrole nitrogens is 1. The third-order valence-corrected chi connectivity index (χ3v) is 3.77. The lowest BCUT2D eigenvalue weighted by atomic mass is 10.1. The van der Waals surface area contributed by atoms with Crippen molar-refractivity contribution >= 4 is 5.91 Å². The molecule has 1 aromatic heterocycles. The lowest BCUT2D eigenvalue weighted by molar-refractivity contribution is 0.0718. The van der Waals surface area contributed by atoms with E-state index in [1.165, 1.54) is 0 Å². The molecule has 1 aromatic rings. The number of rotatable bonds is 5. The zero-order chi connectivity index (χ0) is 13.8. The van der Waals surface area contributed by atoms with Gasteiger partial charge in [0.25, 0.3) is 5.91 Å². The van der Waals surface area contributed by atoms with Gasteiger partial charge in [0.2, 0.25) is 0 Å². The number of likely N-dealkylation sites (tertiary alicyclic amines) is 1. The van der Waals surface area contributed by atoms with E-state index in [4.69, 9.17) is 5.11 Å². The first-order chi connectivity index (χ1) is 9.13. The van der Waals surface area contributed by atoms with Crippen molar-refractivity contribution in [2.24, 2.45) is 0 Å². The van der Waals surface area contributed by atoms with Crippen LogP contribution in [0.25, 0.3) is 0 Å². The van der Waals surface area contributed by atoms with Crippen LogP contribution in [0.2, 0.25) is 0 Å². The Morgan fingerprint density at radius 1 is 1.63 bits per heavy atom. The van der Waals surface area contributed by atoms with Gasteiger partial charge in [-0.2, -0.15) is 5.10 Å². The zero-order valence-electron chi connectivity index (χ0n) is 11.7. The summed E-state index contributed by atoms with van der Waals surface area (Å²) in [5, 5.41) is 16.0. The Bertz CT molecular complexity index is 428. The highest BCUT2D eigenvalue weighted by molar-refractivity contribution is 5.92. The number of carbonyl (C=O) groups excluding carboxylic acids is 1. The van der Waals surface area contributed by atoms with Gasteiger partial charge in [-0.3, -0.25) is 9.89 Å². The van der Waals surface area contributed by atoms with Crippen molar-refractivity contribution in [2.75, 3.05) is 13.2 Å². The second-order valence-corrected chi connectivity index (χ2v) is 5.52. The standard InChI is InChI=1S/C14H23N3O2/c1-10(2)12-9-13(16-15-12)14(19)17-7-3-5-11(17)6-4-8-18/h9-11,18H,3-8H2,1-2H3,(H,15,16). The summed E-state index contributed by atoms with van der Waals surface area (Å²) in [6.07, 6.45) is 3.71. The Morgan fingerprint density at radius 3 is 3.05 bits per heavy atom. The van der Waals surface area contributed by atoms with Gasteiger partial charge < -0.3 is 10.0 Å². The van der Waals surface area contributed by atoms with Gasteiger partial charge in [-0.25, -0.2) is 0 Å². The summed E-state index contributed by atoms with van der Waals surface area (Å²) in [5.41, 5.74) is 1.51. The summed E-state index contributed by atoms with van der Waals surface area (Å²) < 4.78 is 0. The van der Waals surface area contributed by atoms with Crippen LogP contribution >= 0.6 is 0 Å². The Labute approximate surface area is 114 Å². The highest BCUT2D eigenvalue weighted by Crippen LogP contribution is 2.23. The van der Waals surface area contributed by atoms with Crippen LogP contribution in [0.4, 0.5) is 0 Å². The Morgan fingerprint density at radius 2 is 2.42 bits per heavy atom. The number of nitrogens with one attached hydrogen (secondary N) is 1. The highest BCUT2D eigenvalue weighted by atomic mass is 16.3. The maximum absolute atomic E-state index is 12.4. The normalized spacial score (nSPS) is 19.4. The fraction of sp³-hybridized carbons (Fsp3) is 0.714. The number of carbonyl (C=O) groups is 1. The zero-order valence-corrected chi connectivity index (χ0v) is 11.7. The van der Waals surface area contributed by atoms with Crippen molar-refractivity contribution in [1.82, 2.24) is 15.1 Å². The molecule has 5 nitrogen and oxygen atoms in total. The number of aliphatic hydroxyl groups excluding tert-OH is 1. The molecule has 1 atom stereocenters. The molecule has 5 heteroatoms. The molecule has 0 bridgehead atoms. The third-order valence-electron chi connectivity index (χ3n) is 3.77. The third kappa shape index (κ3) is 3.15. The maximum atomic E-state index is 12.4. The molecule has 1 unspecified atom stereocenters. The lowest BCUT2D eigenvalue weighted by Crippen LogP contribution is -2.35. The predicted octanol–water partition coefficient (Wildman–Crippen LogP) is 1.91. The van der Waals surface area contributed by atoms with Crippen LogP contribution in [-0.4, -0.2) is 45.3 Å². The largest absolute Gasteiger partial charge is 0.396 e. The molecule has 0 radical (unpaired) electrons. The summed E-state index contributed by atoms with van der Waals surface area (Å²) in [5.74, 6) is 0.362. The molecule has 2 N–H and O–H groups in total. The summed E-state index contributed by atoms with van der Waals surface area (Å²) >= 11 is 0. The molecule has 0 saturated carbocycles. The van der Waals surface area contributed by atoms with Crippen LogP contribution in [-0.2, 0) is 0 Å². The number of aliphatic hydroxyl groups is 1. The first-order valence-corrected chi connectivity index (χ1v) is 7.10. The van der Waals surface area contributed by atoms with Crippen LogP contribution in [0.3, 0.4) is 0 Å². The average Bonchev–Trinajstić information content (AvgIpc) is 3.04. The quantitative estimate of drug-likeness (QED) is 0.854. The van der Waals surface area contributed by atoms with E-state index in [-0.39, 0.29) is 18.6 Å². The first-order valence-electron chi connectivity index (χ1n) is 7.10. The van der Waals surface area contributed by atoms with Gasteiger partial charge in [0.1, 0.15) is 5.69 Å². The van der Waals surface area contributed by atoms with Gasteiger partial charge in [0.15, 0.2) is 0 Å². The van der Waals surface area contributed by atoms with Crippen molar-refractivity contribution < 1.29 is 9.90 Å². The molecular weight excluding hydrogens is 242 g/mol. The Hall–Kier alpha value is -1.36. The molecule has 0 aromatic carbocycles. The van der Waals surface area contributed by atoms with Crippen LogP contribution in [0.1, 0.15) is 61.6 Å². The fourth-order valence-corrected chi connectivity index (χ4v) is 2.62. The van der Waals surface area contributed by atoms with Gasteiger partial charge >= 0.3 is 0 Å². The van der Waals surface area contributed by atoms with E-state index < -0.39 is 0 Å². The predicted molar refractivity (Wildman–Crippen MR) is 73.1 cm³/mol. The maximum Gasteiger partial charge on any atom is 0.274 e. The molecule has 19 heavy (non-hydrogen) atoms. The van der Waals surface area contributed by atoms with E-state index in [0.717, 1.165) is 37.9 Å². The molecular formula is C14H23N3O2. The summed E-state index contributed by atoms with van der Waals surface area (Å²) in [4.78, 5) is 14.4. The van der Waals surface area contributed by atoms with E-state index >= 15 is 0 Å². The SMILES string of the molecule is CC(C)c1cc(C(=O)N2CCCC2CCCO)n[nH]1. The minimum absolute atomic E-state index is 0.0172. The van der Waals surface area contributed by atoms with Crippen molar-refractivity contribution in [1.29, 1.82) is 0 Å². The monoisotopic (exact) mass is 265 g/mol. The molecule has 1 aliphatic heterocycles. The molecule has 1 amide bonds.